The van der Waals surface area contributed by atoms with E-state index in [1.807, 2.05) is 12.1 Å². The molecule has 0 saturated heterocycles. The van der Waals surface area contributed by atoms with Gasteiger partial charge in [-0.05, 0) is 36.6 Å². The van der Waals surface area contributed by atoms with Crippen LogP contribution >= 0.6 is 0 Å². The molecule has 0 fully saturated rings. The molecule has 0 amide bonds. The molecule has 20 heavy (non-hydrogen) atoms. The lowest BCUT2D eigenvalue weighted by Gasteiger charge is -2.31. The Morgan fingerprint density at radius 3 is 2.75 bits per heavy atom. The molecule has 0 bridgehead atoms. The van der Waals surface area contributed by atoms with E-state index < -0.39 is 0 Å². The van der Waals surface area contributed by atoms with Gasteiger partial charge in [-0.3, -0.25) is 0 Å². The SMILES string of the molecule is CC1=CC=CC2=CC(CO)=C(c3ccccc3C)NC12. The maximum Gasteiger partial charge on any atom is 0.0728 e. The molecule has 3 rings (SSSR count). The van der Waals surface area contributed by atoms with Crippen molar-refractivity contribution in [3.8, 4) is 0 Å². The summed E-state index contributed by atoms with van der Waals surface area (Å²) in [4.78, 5) is 0. The molecule has 0 saturated carbocycles. The van der Waals surface area contributed by atoms with Crippen LogP contribution in [0.4, 0.5) is 0 Å². The molecule has 102 valence electrons. The van der Waals surface area contributed by atoms with Crippen LogP contribution in [0.25, 0.3) is 5.70 Å². The lowest BCUT2D eigenvalue weighted by atomic mass is 9.87. The van der Waals surface area contributed by atoms with Crippen LogP contribution in [0.1, 0.15) is 18.1 Å². The zero-order valence-corrected chi connectivity index (χ0v) is 11.9. The van der Waals surface area contributed by atoms with Gasteiger partial charge in [0.15, 0.2) is 0 Å². The van der Waals surface area contributed by atoms with Gasteiger partial charge in [0.2, 0.25) is 0 Å². The molecule has 2 nitrogen and oxygen atoms in total. The number of nitrogens with one attached hydrogen (secondary N) is 1. The Morgan fingerprint density at radius 2 is 2.00 bits per heavy atom. The summed E-state index contributed by atoms with van der Waals surface area (Å²) in [6.07, 6.45) is 8.41. The highest BCUT2D eigenvalue weighted by atomic mass is 16.3. The molecule has 1 unspecified atom stereocenters. The monoisotopic (exact) mass is 265 g/mol. The quantitative estimate of drug-likeness (QED) is 0.861. The average molecular weight is 265 g/mol. The molecule has 2 aliphatic rings. The van der Waals surface area contributed by atoms with Crippen LogP contribution in [0.5, 0.6) is 0 Å². The van der Waals surface area contributed by atoms with Crippen LogP contribution in [-0.2, 0) is 0 Å². The summed E-state index contributed by atoms with van der Waals surface area (Å²) < 4.78 is 0. The van der Waals surface area contributed by atoms with E-state index in [4.69, 9.17) is 0 Å². The summed E-state index contributed by atoms with van der Waals surface area (Å²) >= 11 is 0. The van der Waals surface area contributed by atoms with Crippen molar-refractivity contribution in [1.82, 2.24) is 5.32 Å². The Balaban J connectivity index is 2.11. The van der Waals surface area contributed by atoms with E-state index in [9.17, 15) is 5.11 Å². The molecule has 0 aromatic heterocycles. The normalized spacial score (nSPS) is 21.1. The summed E-state index contributed by atoms with van der Waals surface area (Å²) in [5, 5.41) is 13.3. The fourth-order valence-corrected chi connectivity index (χ4v) is 2.83. The second-order valence-electron chi connectivity index (χ2n) is 5.36. The van der Waals surface area contributed by atoms with E-state index in [2.05, 4.69) is 55.6 Å². The maximum absolute atomic E-state index is 9.69. The van der Waals surface area contributed by atoms with E-state index in [0.717, 1.165) is 16.8 Å². The van der Waals surface area contributed by atoms with Crippen LogP contribution in [0.15, 0.2) is 65.3 Å². The topological polar surface area (TPSA) is 32.3 Å². The molecular formula is C18H19NO. The van der Waals surface area contributed by atoms with Crippen molar-refractivity contribution in [2.24, 2.45) is 0 Å². The first kappa shape index (κ1) is 12.9. The van der Waals surface area contributed by atoms with E-state index in [1.165, 1.54) is 16.7 Å². The zero-order valence-electron chi connectivity index (χ0n) is 11.9. The first-order chi connectivity index (χ1) is 9.70. The standard InChI is InChI=1S/C18H19NO/c1-12-6-3-4-9-16(12)18-15(11-20)10-14-8-5-7-13(2)17(14)19-18/h3-10,17,19-20H,11H2,1-2H3. The highest BCUT2D eigenvalue weighted by Gasteiger charge is 2.24. The molecule has 2 N–H and O–H groups in total. The highest BCUT2D eigenvalue weighted by Crippen LogP contribution is 2.31. The summed E-state index contributed by atoms with van der Waals surface area (Å²) in [7, 11) is 0. The van der Waals surface area contributed by atoms with E-state index in [0.29, 0.717) is 0 Å². The second kappa shape index (κ2) is 5.14. The number of allylic oxidation sites excluding steroid dienone is 2. The summed E-state index contributed by atoms with van der Waals surface area (Å²) in [6, 6.07) is 8.49. The fourth-order valence-electron chi connectivity index (χ4n) is 2.83. The molecule has 2 heteroatoms. The molecule has 1 aliphatic carbocycles. The second-order valence-corrected chi connectivity index (χ2v) is 5.36. The molecule has 0 spiro atoms. The van der Waals surface area contributed by atoms with Crippen molar-refractivity contribution in [1.29, 1.82) is 0 Å². The van der Waals surface area contributed by atoms with Crippen molar-refractivity contribution < 1.29 is 5.11 Å². The Morgan fingerprint density at radius 1 is 1.20 bits per heavy atom. The number of dihydropyridines is 1. The number of aliphatic hydroxyl groups is 1. The van der Waals surface area contributed by atoms with Gasteiger partial charge in [-0.25, -0.2) is 0 Å². The third-order valence-corrected chi connectivity index (χ3v) is 3.97. The number of fused-ring (bicyclic) bond motifs is 1. The maximum atomic E-state index is 9.69. The van der Waals surface area contributed by atoms with E-state index >= 15 is 0 Å². The van der Waals surface area contributed by atoms with Crippen LogP contribution in [-0.4, -0.2) is 17.8 Å². The number of benzene rings is 1. The van der Waals surface area contributed by atoms with Gasteiger partial charge in [0, 0.05) is 16.8 Å². The molecule has 1 aromatic carbocycles. The van der Waals surface area contributed by atoms with E-state index in [1.54, 1.807) is 0 Å². The predicted molar refractivity (Wildman–Crippen MR) is 83.1 cm³/mol. The minimum Gasteiger partial charge on any atom is -0.392 e. The van der Waals surface area contributed by atoms with Gasteiger partial charge in [-0.15, -0.1) is 0 Å². The largest absolute Gasteiger partial charge is 0.392 e. The number of aliphatic hydroxyl groups excluding tert-OH is 1. The number of aryl methyl sites for hydroxylation is 1. The predicted octanol–water partition coefficient (Wildman–Crippen LogP) is 3.11. The third-order valence-electron chi connectivity index (χ3n) is 3.97. The first-order valence-electron chi connectivity index (χ1n) is 6.93. The van der Waals surface area contributed by atoms with Crippen LogP contribution < -0.4 is 5.32 Å². The summed E-state index contributed by atoms with van der Waals surface area (Å²) in [5.41, 5.74) is 6.88. The molecular weight excluding hydrogens is 246 g/mol. The van der Waals surface area contributed by atoms with Gasteiger partial charge in [-0.2, -0.15) is 0 Å². The Bertz CT molecular complexity index is 662. The van der Waals surface area contributed by atoms with Crippen LogP contribution in [0, 0.1) is 6.92 Å². The number of hydrogen-bond donors (Lipinski definition) is 2. The lowest BCUT2D eigenvalue weighted by Crippen LogP contribution is -2.35. The van der Waals surface area contributed by atoms with Crippen molar-refractivity contribution >= 4 is 5.70 Å². The minimum atomic E-state index is 0.0451. The van der Waals surface area contributed by atoms with Gasteiger partial charge in [-0.1, -0.05) is 42.5 Å². The third kappa shape index (κ3) is 2.12. The van der Waals surface area contributed by atoms with Gasteiger partial charge in [0.25, 0.3) is 0 Å². The fraction of sp³-hybridized carbons (Fsp3) is 0.222. The van der Waals surface area contributed by atoms with Crippen molar-refractivity contribution in [3.63, 3.8) is 0 Å². The smallest absolute Gasteiger partial charge is 0.0728 e. The number of hydrogen-bond acceptors (Lipinski definition) is 2. The van der Waals surface area contributed by atoms with Crippen molar-refractivity contribution in [2.75, 3.05) is 6.61 Å². The molecule has 1 atom stereocenters. The minimum absolute atomic E-state index is 0.0451. The zero-order chi connectivity index (χ0) is 14.1. The Labute approximate surface area is 119 Å². The van der Waals surface area contributed by atoms with Crippen molar-refractivity contribution in [2.45, 2.75) is 19.9 Å². The highest BCUT2D eigenvalue weighted by molar-refractivity contribution is 5.75. The summed E-state index contributed by atoms with van der Waals surface area (Å²) in [6.45, 7) is 4.28. The van der Waals surface area contributed by atoms with Crippen molar-refractivity contribution in [3.05, 3.63) is 76.4 Å². The van der Waals surface area contributed by atoms with Gasteiger partial charge < -0.3 is 10.4 Å². The van der Waals surface area contributed by atoms with Gasteiger partial charge >= 0.3 is 0 Å². The number of rotatable bonds is 2. The van der Waals surface area contributed by atoms with Crippen LogP contribution in [0.3, 0.4) is 0 Å². The van der Waals surface area contributed by atoms with E-state index in [-0.39, 0.29) is 12.6 Å². The summed E-state index contributed by atoms with van der Waals surface area (Å²) in [5.74, 6) is 0. The van der Waals surface area contributed by atoms with Gasteiger partial charge in [0.1, 0.15) is 0 Å². The molecule has 1 aliphatic heterocycles. The Hall–Kier alpha value is -2.06. The molecule has 1 heterocycles. The van der Waals surface area contributed by atoms with Crippen LogP contribution in [0.2, 0.25) is 0 Å². The molecule has 1 aromatic rings. The molecule has 0 radical (unpaired) electrons. The Kier molecular flexibility index (Phi) is 3.33. The lowest BCUT2D eigenvalue weighted by molar-refractivity contribution is 0.334. The first-order valence-corrected chi connectivity index (χ1v) is 6.93. The average Bonchev–Trinajstić information content (AvgIpc) is 2.47. The van der Waals surface area contributed by atoms with Gasteiger partial charge in [0.05, 0.1) is 12.6 Å².